The van der Waals surface area contributed by atoms with Crippen LogP contribution in [-0.2, 0) is 11.2 Å². The Morgan fingerprint density at radius 1 is 1.29 bits per heavy atom. The van der Waals surface area contributed by atoms with Gasteiger partial charge in [-0.25, -0.2) is 0 Å². The topological polar surface area (TPSA) is 21.8 Å². The number of hydrogen-bond donors (Lipinski definition) is 0. The zero-order chi connectivity index (χ0) is 11.5. The van der Waals surface area contributed by atoms with Gasteiger partial charge in [-0.15, -0.1) is 0 Å². The third kappa shape index (κ3) is 2.87. The highest BCUT2D eigenvalue weighted by Crippen LogP contribution is 2.23. The third-order valence-corrected chi connectivity index (χ3v) is 3.51. The molecule has 1 fully saturated rings. The van der Waals surface area contributed by atoms with E-state index in [2.05, 4.69) is 29.0 Å². The van der Waals surface area contributed by atoms with E-state index >= 15 is 0 Å². The minimum Gasteiger partial charge on any atom is -0.490 e. The number of thiophene rings is 1. The molecule has 0 N–H and O–H groups in total. The molecule has 1 unspecified atom stereocenters. The first kappa shape index (κ1) is 10.8. The van der Waals surface area contributed by atoms with Crippen LogP contribution in [0.4, 0.5) is 0 Å². The summed E-state index contributed by atoms with van der Waals surface area (Å²) >= 11 is 1.73. The van der Waals surface area contributed by atoms with Crippen molar-refractivity contribution < 1.29 is 9.47 Å². The summed E-state index contributed by atoms with van der Waals surface area (Å²) in [6.07, 6.45) is 1.25. The van der Waals surface area contributed by atoms with Crippen molar-refractivity contribution >= 4 is 11.3 Å². The average Bonchev–Trinajstić information content (AvgIpc) is 3.05. The largest absolute Gasteiger partial charge is 0.490 e. The quantitative estimate of drug-likeness (QED) is 0.756. The number of para-hydroxylation sites is 1. The van der Waals surface area contributed by atoms with Gasteiger partial charge in [-0.3, -0.25) is 0 Å². The van der Waals surface area contributed by atoms with Gasteiger partial charge in [0.15, 0.2) is 0 Å². The fourth-order valence-corrected chi connectivity index (χ4v) is 2.42. The third-order valence-electron chi connectivity index (χ3n) is 2.77. The van der Waals surface area contributed by atoms with Crippen LogP contribution in [0.25, 0.3) is 0 Å². The van der Waals surface area contributed by atoms with Crippen molar-refractivity contribution in [1.82, 2.24) is 0 Å². The van der Waals surface area contributed by atoms with Crippen LogP contribution in [0.5, 0.6) is 5.75 Å². The molecule has 88 valence electrons. The van der Waals surface area contributed by atoms with E-state index in [1.54, 1.807) is 11.3 Å². The molecule has 1 aromatic heterocycles. The Balaban J connectivity index is 1.72. The first-order valence-corrected chi connectivity index (χ1v) is 6.69. The van der Waals surface area contributed by atoms with E-state index in [4.69, 9.17) is 9.47 Å². The van der Waals surface area contributed by atoms with Gasteiger partial charge in [0.25, 0.3) is 0 Å². The van der Waals surface area contributed by atoms with E-state index in [-0.39, 0.29) is 0 Å². The summed E-state index contributed by atoms with van der Waals surface area (Å²) in [5.74, 6) is 0.981. The zero-order valence-corrected chi connectivity index (χ0v) is 10.3. The molecule has 0 aliphatic carbocycles. The Hall–Kier alpha value is -1.32. The molecule has 1 aliphatic heterocycles. The summed E-state index contributed by atoms with van der Waals surface area (Å²) in [4.78, 5) is 0. The first-order valence-electron chi connectivity index (χ1n) is 5.75. The van der Waals surface area contributed by atoms with Crippen LogP contribution < -0.4 is 4.74 Å². The lowest BCUT2D eigenvalue weighted by atomic mass is 10.1. The summed E-state index contributed by atoms with van der Waals surface area (Å²) in [5, 5.41) is 4.29. The maximum absolute atomic E-state index is 5.79. The molecule has 3 heteroatoms. The Morgan fingerprint density at radius 3 is 2.94 bits per heavy atom. The summed E-state index contributed by atoms with van der Waals surface area (Å²) in [6.45, 7) is 1.51. The Bertz CT molecular complexity index is 475. The molecule has 1 aromatic carbocycles. The van der Waals surface area contributed by atoms with Crippen molar-refractivity contribution in [3.63, 3.8) is 0 Å². The smallest absolute Gasteiger partial charge is 0.122 e. The van der Waals surface area contributed by atoms with Gasteiger partial charge in [0.1, 0.15) is 18.5 Å². The lowest BCUT2D eigenvalue weighted by Crippen LogP contribution is -2.05. The molecule has 0 amide bonds. The van der Waals surface area contributed by atoms with Gasteiger partial charge in [-0.1, -0.05) is 18.2 Å². The molecule has 0 spiro atoms. The second-order valence-electron chi connectivity index (χ2n) is 4.18. The highest BCUT2D eigenvalue weighted by atomic mass is 32.1. The molecular weight excluding hydrogens is 232 g/mol. The molecular formula is C14H14O2S. The zero-order valence-electron chi connectivity index (χ0n) is 9.46. The van der Waals surface area contributed by atoms with E-state index in [1.807, 2.05) is 12.1 Å². The lowest BCUT2D eigenvalue weighted by Gasteiger charge is -2.09. The number of rotatable bonds is 5. The van der Waals surface area contributed by atoms with Gasteiger partial charge < -0.3 is 9.47 Å². The van der Waals surface area contributed by atoms with Crippen molar-refractivity contribution in [3.8, 4) is 5.75 Å². The van der Waals surface area contributed by atoms with Gasteiger partial charge >= 0.3 is 0 Å². The normalized spacial score (nSPS) is 18.0. The average molecular weight is 246 g/mol. The van der Waals surface area contributed by atoms with Crippen LogP contribution in [0.15, 0.2) is 41.1 Å². The van der Waals surface area contributed by atoms with Crippen LogP contribution in [0.3, 0.4) is 0 Å². The second-order valence-corrected chi connectivity index (χ2v) is 4.96. The predicted octanol–water partition coefficient (Wildman–Crippen LogP) is 3.12. The molecule has 1 saturated heterocycles. The highest BCUT2D eigenvalue weighted by molar-refractivity contribution is 7.07. The van der Waals surface area contributed by atoms with E-state index in [9.17, 15) is 0 Å². The number of ether oxygens (including phenoxy) is 2. The van der Waals surface area contributed by atoms with Crippen molar-refractivity contribution in [2.24, 2.45) is 0 Å². The summed E-state index contributed by atoms with van der Waals surface area (Å²) in [6, 6.07) is 10.4. The van der Waals surface area contributed by atoms with Crippen molar-refractivity contribution in [1.29, 1.82) is 0 Å². The van der Waals surface area contributed by atoms with Crippen LogP contribution in [-0.4, -0.2) is 19.3 Å². The molecule has 2 nitrogen and oxygen atoms in total. The lowest BCUT2D eigenvalue weighted by molar-refractivity contribution is 0.261. The molecule has 2 aromatic rings. The fraction of sp³-hybridized carbons (Fsp3) is 0.286. The summed E-state index contributed by atoms with van der Waals surface area (Å²) < 4.78 is 10.9. The van der Waals surface area contributed by atoms with Gasteiger partial charge in [-0.2, -0.15) is 11.3 Å². The van der Waals surface area contributed by atoms with Crippen LogP contribution >= 0.6 is 11.3 Å². The summed E-state index contributed by atoms with van der Waals surface area (Å²) in [7, 11) is 0. The molecule has 17 heavy (non-hydrogen) atoms. The van der Waals surface area contributed by atoms with E-state index in [0.717, 1.165) is 18.8 Å². The first-order chi connectivity index (χ1) is 8.42. The van der Waals surface area contributed by atoms with Crippen LogP contribution in [0.2, 0.25) is 0 Å². The van der Waals surface area contributed by atoms with Crippen LogP contribution in [0.1, 0.15) is 11.1 Å². The van der Waals surface area contributed by atoms with Gasteiger partial charge in [-0.05, 0) is 34.0 Å². The molecule has 0 bridgehead atoms. The fourth-order valence-electron chi connectivity index (χ4n) is 1.75. The molecule has 1 aliphatic rings. The molecule has 0 radical (unpaired) electrons. The molecule has 2 heterocycles. The second kappa shape index (κ2) is 4.90. The predicted molar refractivity (Wildman–Crippen MR) is 68.8 cm³/mol. The Kier molecular flexibility index (Phi) is 3.12. The van der Waals surface area contributed by atoms with Gasteiger partial charge in [0.05, 0.1) is 6.61 Å². The van der Waals surface area contributed by atoms with E-state index < -0.39 is 0 Å². The SMILES string of the molecule is c1ccc(OCC2CO2)c(Cc2ccsc2)c1. The molecule has 3 rings (SSSR count). The van der Waals surface area contributed by atoms with Crippen molar-refractivity contribution in [2.75, 3.05) is 13.2 Å². The number of benzene rings is 1. The Labute approximate surface area is 105 Å². The number of epoxide rings is 1. The molecule has 1 atom stereocenters. The van der Waals surface area contributed by atoms with Gasteiger partial charge in [0.2, 0.25) is 0 Å². The minimum absolute atomic E-state index is 0.309. The Morgan fingerprint density at radius 2 is 2.18 bits per heavy atom. The summed E-state index contributed by atoms with van der Waals surface area (Å²) in [5.41, 5.74) is 2.58. The van der Waals surface area contributed by atoms with Crippen molar-refractivity contribution in [2.45, 2.75) is 12.5 Å². The van der Waals surface area contributed by atoms with E-state index in [0.29, 0.717) is 12.7 Å². The minimum atomic E-state index is 0.309. The molecule has 0 saturated carbocycles. The standard InChI is InChI=1S/C14H14O2S/c1-2-4-14(16-9-13-8-15-13)12(3-1)7-11-5-6-17-10-11/h1-6,10,13H,7-9H2. The maximum atomic E-state index is 5.79. The van der Waals surface area contributed by atoms with Crippen molar-refractivity contribution in [3.05, 3.63) is 52.2 Å². The number of hydrogen-bond acceptors (Lipinski definition) is 3. The van der Waals surface area contributed by atoms with Gasteiger partial charge in [0, 0.05) is 6.42 Å². The monoisotopic (exact) mass is 246 g/mol. The maximum Gasteiger partial charge on any atom is 0.122 e. The van der Waals surface area contributed by atoms with Crippen LogP contribution in [0, 0.1) is 0 Å². The van der Waals surface area contributed by atoms with E-state index in [1.165, 1.54) is 11.1 Å². The highest BCUT2D eigenvalue weighted by Gasteiger charge is 2.23.